The molecule has 2 fully saturated rings. The minimum Gasteiger partial charge on any atom is -0.443 e. The highest BCUT2D eigenvalue weighted by Crippen LogP contribution is 2.38. The number of ether oxygens (including phenoxy) is 2. The number of hydrogen-bond acceptors (Lipinski definition) is 6. The van der Waals surface area contributed by atoms with E-state index < -0.39 is 27.5 Å². The SMILES string of the molecule is CC(C)(C)OC(=O)N1C2(CCOCC2)COS1(=O)=O. The van der Waals surface area contributed by atoms with Gasteiger partial charge in [-0.1, -0.05) is 0 Å². The second-order valence-corrected chi connectivity index (χ2v) is 7.26. The lowest BCUT2D eigenvalue weighted by atomic mass is 9.91. The van der Waals surface area contributed by atoms with Crippen molar-refractivity contribution < 1.29 is 26.9 Å². The summed E-state index contributed by atoms with van der Waals surface area (Å²) >= 11 is 0. The molecule has 0 aromatic heterocycles. The third kappa shape index (κ3) is 2.85. The van der Waals surface area contributed by atoms with Crippen molar-refractivity contribution in [2.24, 2.45) is 0 Å². The topological polar surface area (TPSA) is 82.1 Å². The predicted molar refractivity (Wildman–Crippen MR) is 65.7 cm³/mol. The highest BCUT2D eigenvalue weighted by molar-refractivity contribution is 7.85. The van der Waals surface area contributed by atoms with Gasteiger partial charge < -0.3 is 9.47 Å². The van der Waals surface area contributed by atoms with Crippen LogP contribution in [0.1, 0.15) is 33.6 Å². The summed E-state index contributed by atoms with van der Waals surface area (Å²) in [7, 11) is -4.06. The zero-order valence-electron chi connectivity index (χ0n) is 11.3. The van der Waals surface area contributed by atoms with E-state index in [0.29, 0.717) is 26.1 Å². The summed E-state index contributed by atoms with van der Waals surface area (Å²) in [5, 5.41) is 0. The zero-order valence-corrected chi connectivity index (χ0v) is 12.2. The van der Waals surface area contributed by atoms with Crippen LogP contribution in [0.2, 0.25) is 0 Å². The first-order valence-corrected chi connectivity index (χ1v) is 7.53. The van der Waals surface area contributed by atoms with E-state index >= 15 is 0 Å². The number of carbonyl (C=O) groups excluding carboxylic acids is 1. The van der Waals surface area contributed by atoms with Gasteiger partial charge in [-0.15, -0.1) is 0 Å². The van der Waals surface area contributed by atoms with Crippen LogP contribution in [0.5, 0.6) is 0 Å². The van der Waals surface area contributed by atoms with Gasteiger partial charge in [0.1, 0.15) is 5.60 Å². The lowest BCUT2D eigenvalue weighted by Gasteiger charge is -2.37. The predicted octanol–water partition coefficient (Wildman–Crippen LogP) is 1.05. The summed E-state index contributed by atoms with van der Waals surface area (Å²) in [6, 6.07) is 0. The molecule has 0 aliphatic carbocycles. The maximum atomic E-state index is 12.2. The van der Waals surface area contributed by atoms with Crippen LogP contribution in [0.25, 0.3) is 0 Å². The van der Waals surface area contributed by atoms with Gasteiger partial charge in [0.15, 0.2) is 0 Å². The quantitative estimate of drug-likeness (QED) is 0.664. The molecule has 2 saturated heterocycles. The Hall–Kier alpha value is -0.860. The number of carbonyl (C=O) groups is 1. The van der Waals surface area contributed by atoms with Crippen molar-refractivity contribution >= 4 is 16.4 Å². The van der Waals surface area contributed by atoms with Crippen molar-refractivity contribution in [1.82, 2.24) is 4.31 Å². The van der Waals surface area contributed by atoms with Crippen LogP contribution in [0.4, 0.5) is 4.79 Å². The molecule has 110 valence electrons. The summed E-state index contributed by atoms with van der Waals surface area (Å²) in [6.07, 6.45) is -0.0383. The smallest absolute Gasteiger partial charge is 0.426 e. The zero-order chi connectivity index (χ0) is 14.3. The molecule has 7 nitrogen and oxygen atoms in total. The average molecular weight is 293 g/mol. The average Bonchev–Trinajstić information content (AvgIpc) is 2.49. The van der Waals surface area contributed by atoms with Crippen molar-refractivity contribution in [1.29, 1.82) is 0 Å². The molecule has 8 heteroatoms. The van der Waals surface area contributed by atoms with E-state index in [1.807, 2.05) is 0 Å². The van der Waals surface area contributed by atoms with Crippen LogP contribution in [0.15, 0.2) is 0 Å². The van der Waals surface area contributed by atoms with Crippen molar-refractivity contribution in [2.45, 2.75) is 44.8 Å². The molecule has 0 radical (unpaired) electrons. The van der Waals surface area contributed by atoms with E-state index in [1.54, 1.807) is 20.8 Å². The number of amides is 1. The Kier molecular flexibility index (Phi) is 3.53. The molecule has 1 amide bonds. The summed E-state index contributed by atoms with van der Waals surface area (Å²) in [5.74, 6) is 0. The molecule has 2 aliphatic rings. The molecule has 0 atom stereocenters. The maximum absolute atomic E-state index is 12.2. The fourth-order valence-electron chi connectivity index (χ4n) is 2.22. The largest absolute Gasteiger partial charge is 0.443 e. The van der Waals surface area contributed by atoms with Crippen LogP contribution in [-0.4, -0.2) is 49.8 Å². The first-order valence-electron chi connectivity index (χ1n) is 6.17. The molecular formula is C11H19NO6S. The van der Waals surface area contributed by atoms with E-state index in [0.717, 1.165) is 4.31 Å². The fraction of sp³-hybridized carbons (Fsp3) is 0.909. The Morgan fingerprint density at radius 3 is 2.37 bits per heavy atom. The van der Waals surface area contributed by atoms with Crippen LogP contribution in [0.3, 0.4) is 0 Å². The van der Waals surface area contributed by atoms with Gasteiger partial charge in [0.05, 0.1) is 12.1 Å². The number of hydrogen-bond donors (Lipinski definition) is 0. The summed E-state index contributed by atoms with van der Waals surface area (Å²) < 4.78 is 39.8. The van der Waals surface area contributed by atoms with Gasteiger partial charge >= 0.3 is 16.4 Å². The Bertz CT molecular complexity index is 460. The molecule has 0 bridgehead atoms. The Morgan fingerprint density at radius 2 is 1.84 bits per heavy atom. The molecule has 0 aromatic carbocycles. The lowest BCUT2D eigenvalue weighted by molar-refractivity contribution is -0.0129. The molecule has 0 aromatic rings. The number of nitrogens with zero attached hydrogens (tertiary/aromatic N) is 1. The standard InChI is InChI=1S/C11H19NO6S/c1-10(2,3)18-9(13)12-11(4-6-16-7-5-11)8-17-19(12,14)15/h4-8H2,1-3H3. The van der Waals surface area contributed by atoms with E-state index in [9.17, 15) is 13.2 Å². The summed E-state index contributed by atoms with van der Waals surface area (Å²) in [5.41, 5.74) is -1.62. The molecule has 0 N–H and O–H groups in total. The second-order valence-electron chi connectivity index (χ2n) is 5.80. The van der Waals surface area contributed by atoms with Gasteiger partial charge in [-0.05, 0) is 33.6 Å². The van der Waals surface area contributed by atoms with Crippen molar-refractivity contribution in [3.8, 4) is 0 Å². The van der Waals surface area contributed by atoms with Gasteiger partial charge in [-0.25, -0.2) is 4.79 Å². The third-order valence-electron chi connectivity index (χ3n) is 3.11. The molecular weight excluding hydrogens is 274 g/mol. The van der Waals surface area contributed by atoms with E-state index in [-0.39, 0.29) is 6.61 Å². The third-order valence-corrected chi connectivity index (χ3v) is 4.51. The lowest BCUT2D eigenvalue weighted by Crippen LogP contribution is -2.54. The van der Waals surface area contributed by atoms with Gasteiger partial charge in [0.2, 0.25) is 0 Å². The van der Waals surface area contributed by atoms with E-state index in [4.69, 9.17) is 13.7 Å². The van der Waals surface area contributed by atoms with Crippen molar-refractivity contribution in [2.75, 3.05) is 19.8 Å². The van der Waals surface area contributed by atoms with Gasteiger partial charge in [0, 0.05) is 13.2 Å². The minimum atomic E-state index is -4.06. The first-order chi connectivity index (χ1) is 8.66. The minimum absolute atomic E-state index is 0.0298. The number of rotatable bonds is 0. The van der Waals surface area contributed by atoms with Gasteiger partial charge in [-0.3, -0.25) is 4.18 Å². The molecule has 2 heterocycles. The second kappa shape index (κ2) is 4.60. The molecule has 0 unspecified atom stereocenters. The monoisotopic (exact) mass is 293 g/mol. The van der Waals surface area contributed by atoms with Crippen molar-refractivity contribution in [3.05, 3.63) is 0 Å². The van der Waals surface area contributed by atoms with E-state index in [2.05, 4.69) is 0 Å². The van der Waals surface area contributed by atoms with Crippen LogP contribution in [-0.2, 0) is 24.0 Å². The normalized spacial score (nSPS) is 25.5. The van der Waals surface area contributed by atoms with Crippen LogP contribution < -0.4 is 0 Å². The highest BCUT2D eigenvalue weighted by atomic mass is 32.2. The maximum Gasteiger partial charge on any atom is 0.426 e. The first kappa shape index (κ1) is 14.5. The van der Waals surface area contributed by atoms with E-state index in [1.165, 1.54) is 0 Å². The van der Waals surface area contributed by atoms with Gasteiger partial charge in [0.25, 0.3) is 0 Å². The summed E-state index contributed by atoms with van der Waals surface area (Å²) in [6.45, 7) is 5.83. The van der Waals surface area contributed by atoms with Crippen LogP contribution >= 0.6 is 0 Å². The van der Waals surface area contributed by atoms with Crippen molar-refractivity contribution in [3.63, 3.8) is 0 Å². The molecule has 19 heavy (non-hydrogen) atoms. The van der Waals surface area contributed by atoms with Crippen LogP contribution in [0, 0.1) is 0 Å². The Morgan fingerprint density at radius 1 is 1.26 bits per heavy atom. The van der Waals surface area contributed by atoms with Gasteiger partial charge in [-0.2, -0.15) is 12.7 Å². The molecule has 0 saturated carbocycles. The molecule has 1 spiro atoms. The Balaban J connectivity index is 2.29. The molecule has 2 rings (SSSR count). The Labute approximate surface area is 113 Å². The highest BCUT2D eigenvalue weighted by Gasteiger charge is 2.55. The summed E-state index contributed by atoms with van der Waals surface area (Å²) in [4.78, 5) is 12.2. The fourth-order valence-corrected chi connectivity index (χ4v) is 3.62. The molecule has 2 aliphatic heterocycles.